The molecule has 0 aliphatic rings. The lowest BCUT2D eigenvalue weighted by molar-refractivity contribution is 0.290. The summed E-state index contributed by atoms with van der Waals surface area (Å²) in [6, 6.07) is 7.54. The first-order valence-electron chi connectivity index (χ1n) is 6.13. The number of hydrogen-bond donors (Lipinski definition) is 1. The fraction of sp³-hybridized carbons (Fsp3) is 0.200. The summed E-state index contributed by atoms with van der Waals surface area (Å²) in [5.74, 6) is 1.03. The number of anilines is 1. The summed E-state index contributed by atoms with van der Waals surface area (Å²) in [6.07, 6.45) is 0. The van der Waals surface area contributed by atoms with Gasteiger partial charge in [-0.25, -0.2) is 4.39 Å². The van der Waals surface area contributed by atoms with E-state index in [9.17, 15) is 4.39 Å². The van der Waals surface area contributed by atoms with Gasteiger partial charge in [0, 0.05) is 22.7 Å². The standard InChI is InChI=1S/C15H15ClFNO3/c1-19-14-6-10(16)5-9(15(14)20-2)8-21-11-3-4-12(17)13(18)7-11/h3-7H,8,18H2,1-2H3. The topological polar surface area (TPSA) is 53.7 Å². The predicted octanol–water partition coefficient (Wildman–Crippen LogP) is 3.66. The van der Waals surface area contributed by atoms with Crippen molar-refractivity contribution in [1.29, 1.82) is 0 Å². The number of methoxy groups -OCH3 is 2. The van der Waals surface area contributed by atoms with E-state index < -0.39 is 5.82 Å². The van der Waals surface area contributed by atoms with Crippen LogP contribution in [0.25, 0.3) is 0 Å². The lowest BCUT2D eigenvalue weighted by Gasteiger charge is -2.14. The molecule has 0 aliphatic carbocycles. The molecule has 6 heteroatoms. The second-order valence-corrected chi connectivity index (χ2v) is 4.71. The second-order valence-electron chi connectivity index (χ2n) is 4.27. The van der Waals surface area contributed by atoms with E-state index in [1.807, 2.05) is 0 Å². The molecule has 0 spiro atoms. The molecule has 0 heterocycles. The predicted molar refractivity (Wildman–Crippen MR) is 79.7 cm³/mol. The van der Waals surface area contributed by atoms with Crippen LogP contribution < -0.4 is 19.9 Å². The molecule has 0 aromatic heterocycles. The van der Waals surface area contributed by atoms with Crippen molar-refractivity contribution in [2.75, 3.05) is 20.0 Å². The minimum Gasteiger partial charge on any atom is -0.493 e. The molecule has 0 unspecified atom stereocenters. The quantitative estimate of drug-likeness (QED) is 0.856. The van der Waals surface area contributed by atoms with Crippen molar-refractivity contribution >= 4 is 17.3 Å². The van der Waals surface area contributed by atoms with E-state index in [1.165, 1.54) is 32.4 Å². The lowest BCUT2D eigenvalue weighted by Crippen LogP contribution is -2.01. The Hall–Kier alpha value is -2.14. The second kappa shape index (κ2) is 6.54. The number of hydrogen-bond acceptors (Lipinski definition) is 4. The molecule has 0 bridgehead atoms. The Balaban J connectivity index is 2.22. The molecule has 0 saturated carbocycles. The van der Waals surface area contributed by atoms with Crippen molar-refractivity contribution in [2.45, 2.75) is 6.61 Å². The summed E-state index contributed by atoms with van der Waals surface area (Å²) in [4.78, 5) is 0. The summed E-state index contributed by atoms with van der Waals surface area (Å²) in [6.45, 7) is 0.186. The van der Waals surface area contributed by atoms with Gasteiger partial charge in [-0.2, -0.15) is 0 Å². The summed E-state index contributed by atoms with van der Waals surface area (Å²) >= 11 is 6.02. The lowest BCUT2D eigenvalue weighted by atomic mass is 10.2. The van der Waals surface area contributed by atoms with E-state index in [1.54, 1.807) is 12.1 Å². The normalized spacial score (nSPS) is 10.3. The zero-order valence-electron chi connectivity index (χ0n) is 11.7. The van der Waals surface area contributed by atoms with Gasteiger partial charge in [-0.3, -0.25) is 0 Å². The summed E-state index contributed by atoms with van der Waals surface area (Å²) in [5, 5.41) is 0.505. The maximum absolute atomic E-state index is 13.1. The number of benzene rings is 2. The highest BCUT2D eigenvalue weighted by Gasteiger charge is 2.13. The van der Waals surface area contributed by atoms with Crippen LogP contribution in [0.4, 0.5) is 10.1 Å². The Morgan fingerprint density at radius 2 is 1.90 bits per heavy atom. The van der Waals surface area contributed by atoms with Crippen LogP contribution in [-0.4, -0.2) is 14.2 Å². The summed E-state index contributed by atoms with van der Waals surface area (Å²) in [7, 11) is 3.06. The molecular weight excluding hydrogens is 297 g/mol. The van der Waals surface area contributed by atoms with Gasteiger partial charge in [0.05, 0.1) is 19.9 Å². The highest BCUT2D eigenvalue weighted by molar-refractivity contribution is 6.30. The van der Waals surface area contributed by atoms with Crippen LogP contribution in [0.3, 0.4) is 0 Å². The van der Waals surface area contributed by atoms with Gasteiger partial charge in [-0.15, -0.1) is 0 Å². The third-order valence-electron chi connectivity index (χ3n) is 2.88. The van der Waals surface area contributed by atoms with Crippen LogP contribution in [-0.2, 0) is 6.61 Å². The molecule has 0 aliphatic heterocycles. The van der Waals surface area contributed by atoms with E-state index >= 15 is 0 Å². The van der Waals surface area contributed by atoms with Crippen LogP contribution >= 0.6 is 11.6 Å². The molecule has 0 amide bonds. The zero-order valence-corrected chi connectivity index (χ0v) is 12.4. The van der Waals surface area contributed by atoms with Crippen LogP contribution in [0.2, 0.25) is 5.02 Å². The van der Waals surface area contributed by atoms with Gasteiger partial charge < -0.3 is 19.9 Å². The van der Waals surface area contributed by atoms with Crippen molar-refractivity contribution in [3.8, 4) is 17.2 Å². The van der Waals surface area contributed by atoms with E-state index in [2.05, 4.69) is 0 Å². The number of nitrogen functional groups attached to an aromatic ring is 1. The average molecular weight is 312 g/mol. The molecule has 2 aromatic carbocycles. The van der Waals surface area contributed by atoms with Crippen LogP contribution in [0.15, 0.2) is 30.3 Å². The fourth-order valence-corrected chi connectivity index (χ4v) is 2.12. The van der Waals surface area contributed by atoms with Crippen molar-refractivity contribution < 1.29 is 18.6 Å². The molecule has 0 radical (unpaired) electrons. The Morgan fingerprint density at radius 3 is 2.52 bits per heavy atom. The van der Waals surface area contributed by atoms with Gasteiger partial charge in [0.15, 0.2) is 11.5 Å². The van der Waals surface area contributed by atoms with E-state index in [0.29, 0.717) is 27.8 Å². The van der Waals surface area contributed by atoms with Crippen molar-refractivity contribution in [3.05, 3.63) is 46.7 Å². The number of rotatable bonds is 5. The molecule has 2 N–H and O–H groups in total. The van der Waals surface area contributed by atoms with Gasteiger partial charge in [0.25, 0.3) is 0 Å². The largest absolute Gasteiger partial charge is 0.493 e. The van der Waals surface area contributed by atoms with Gasteiger partial charge in [0.2, 0.25) is 0 Å². The molecule has 2 aromatic rings. The van der Waals surface area contributed by atoms with Gasteiger partial charge in [-0.05, 0) is 18.2 Å². The van der Waals surface area contributed by atoms with E-state index in [0.717, 1.165) is 0 Å². The maximum atomic E-state index is 13.1. The summed E-state index contributed by atoms with van der Waals surface area (Å²) in [5.41, 5.74) is 6.24. The van der Waals surface area contributed by atoms with Crippen molar-refractivity contribution in [1.82, 2.24) is 0 Å². The van der Waals surface area contributed by atoms with Gasteiger partial charge >= 0.3 is 0 Å². The molecular formula is C15H15ClFNO3. The molecule has 0 fully saturated rings. The minimum atomic E-state index is -0.482. The van der Waals surface area contributed by atoms with E-state index in [-0.39, 0.29) is 12.3 Å². The molecule has 0 saturated heterocycles. The molecule has 112 valence electrons. The summed E-state index contributed by atoms with van der Waals surface area (Å²) < 4.78 is 29.2. The van der Waals surface area contributed by atoms with Crippen LogP contribution in [0.5, 0.6) is 17.2 Å². The molecule has 21 heavy (non-hydrogen) atoms. The smallest absolute Gasteiger partial charge is 0.167 e. The number of nitrogens with two attached hydrogens (primary N) is 1. The third kappa shape index (κ3) is 3.49. The Morgan fingerprint density at radius 1 is 1.14 bits per heavy atom. The van der Waals surface area contributed by atoms with Crippen molar-refractivity contribution in [2.24, 2.45) is 0 Å². The van der Waals surface area contributed by atoms with Gasteiger partial charge in [0.1, 0.15) is 18.2 Å². The highest BCUT2D eigenvalue weighted by Crippen LogP contribution is 2.35. The highest BCUT2D eigenvalue weighted by atomic mass is 35.5. The zero-order chi connectivity index (χ0) is 15.4. The maximum Gasteiger partial charge on any atom is 0.167 e. The Labute approximate surface area is 127 Å². The molecule has 4 nitrogen and oxygen atoms in total. The first-order valence-corrected chi connectivity index (χ1v) is 6.51. The first kappa shape index (κ1) is 15.3. The van der Waals surface area contributed by atoms with Gasteiger partial charge in [-0.1, -0.05) is 11.6 Å². The number of halogens is 2. The fourth-order valence-electron chi connectivity index (χ4n) is 1.89. The molecule has 0 atom stereocenters. The van der Waals surface area contributed by atoms with Crippen LogP contribution in [0, 0.1) is 5.82 Å². The average Bonchev–Trinajstić information content (AvgIpc) is 2.47. The Kier molecular flexibility index (Phi) is 4.75. The molecule has 2 rings (SSSR count). The van der Waals surface area contributed by atoms with Crippen LogP contribution in [0.1, 0.15) is 5.56 Å². The first-order chi connectivity index (χ1) is 10.0. The van der Waals surface area contributed by atoms with E-state index in [4.69, 9.17) is 31.5 Å². The SMILES string of the molecule is COc1cc(Cl)cc(COc2ccc(F)c(N)c2)c1OC. The minimum absolute atomic E-state index is 0.0307. The van der Waals surface area contributed by atoms with Crippen molar-refractivity contribution in [3.63, 3.8) is 0 Å². The number of ether oxygens (including phenoxy) is 3. The Bertz CT molecular complexity index is 649. The monoisotopic (exact) mass is 311 g/mol. The third-order valence-corrected chi connectivity index (χ3v) is 3.10.